The van der Waals surface area contributed by atoms with Crippen LogP contribution in [-0.2, 0) is 11.4 Å². The lowest BCUT2D eigenvalue weighted by atomic mass is 10.1. The third kappa shape index (κ3) is 4.62. The fourth-order valence-electron chi connectivity index (χ4n) is 2.64. The zero-order valence-electron chi connectivity index (χ0n) is 16.0. The van der Waals surface area contributed by atoms with Gasteiger partial charge in [-0.1, -0.05) is 53.5 Å². The molecule has 0 saturated carbocycles. The van der Waals surface area contributed by atoms with Crippen LogP contribution in [0.3, 0.4) is 0 Å². The summed E-state index contributed by atoms with van der Waals surface area (Å²) >= 11 is 12.2. The number of benzene rings is 2. The minimum absolute atomic E-state index is 0.00217. The number of carbonyl (C=O) groups is 1. The first-order valence-electron chi connectivity index (χ1n) is 8.67. The molecule has 0 aliphatic heterocycles. The average Bonchev–Trinajstić information content (AvgIpc) is 2.75. The monoisotopic (exact) mass is 450 g/mol. The van der Waals surface area contributed by atoms with E-state index < -0.39 is 11.7 Å². The molecular formula is C20H17Cl2FN4O3. The number of nitrogens with one attached hydrogen (secondary N) is 2. The second-order valence-corrected chi connectivity index (χ2v) is 6.76. The van der Waals surface area contributed by atoms with Gasteiger partial charge in [-0.15, -0.1) is 0 Å². The summed E-state index contributed by atoms with van der Waals surface area (Å²) in [5.41, 5.74) is 3.19. The van der Waals surface area contributed by atoms with E-state index in [4.69, 9.17) is 32.8 Å². The summed E-state index contributed by atoms with van der Waals surface area (Å²) in [4.78, 5) is 25.9. The van der Waals surface area contributed by atoms with Gasteiger partial charge in [0.25, 0.3) is 5.91 Å². The number of amides is 1. The molecule has 0 bridgehead atoms. The number of rotatable bonds is 7. The van der Waals surface area contributed by atoms with Gasteiger partial charge in [-0.25, -0.2) is 19.8 Å². The molecule has 0 fully saturated rings. The summed E-state index contributed by atoms with van der Waals surface area (Å²) in [7, 11) is 2.64. The maximum atomic E-state index is 14.9. The third-order valence-corrected chi connectivity index (χ3v) is 4.71. The van der Waals surface area contributed by atoms with Crippen molar-refractivity contribution >= 4 is 34.9 Å². The van der Waals surface area contributed by atoms with Gasteiger partial charge in [0.1, 0.15) is 5.02 Å². The number of hydrogen-bond acceptors (Lipinski definition) is 6. The summed E-state index contributed by atoms with van der Waals surface area (Å²) < 4.78 is 19.9. The molecule has 1 amide bonds. The lowest BCUT2D eigenvalue weighted by Gasteiger charge is -2.13. The molecule has 1 aromatic heterocycles. The van der Waals surface area contributed by atoms with Gasteiger partial charge < -0.3 is 10.1 Å². The summed E-state index contributed by atoms with van der Waals surface area (Å²) in [6.45, 7) is 0.255. The number of anilines is 1. The second-order valence-electron chi connectivity index (χ2n) is 5.98. The van der Waals surface area contributed by atoms with E-state index in [-0.39, 0.29) is 45.2 Å². The molecule has 0 saturated heterocycles. The number of ether oxygens (including phenoxy) is 1. The highest BCUT2D eigenvalue weighted by atomic mass is 35.5. The molecule has 0 aliphatic rings. The standard InChI is InChI=1S/C20H17Cl2FN4O3/c1-29-17-13(21)9-8-12(15(17)23)18-25-16(14(22)19(26-18)27-30-2)20(28)24-10-11-6-4-3-5-7-11/h3-9H,10H2,1-2H3,(H,24,28)(H,25,26,27). The van der Waals surface area contributed by atoms with Gasteiger partial charge >= 0.3 is 0 Å². The highest BCUT2D eigenvalue weighted by Gasteiger charge is 2.23. The first-order valence-corrected chi connectivity index (χ1v) is 9.42. The van der Waals surface area contributed by atoms with E-state index >= 15 is 0 Å². The van der Waals surface area contributed by atoms with Gasteiger partial charge in [0, 0.05) is 6.54 Å². The molecule has 3 rings (SSSR count). The van der Waals surface area contributed by atoms with E-state index in [1.165, 1.54) is 26.4 Å². The van der Waals surface area contributed by atoms with Crippen LogP contribution < -0.4 is 15.5 Å². The van der Waals surface area contributed by atoms with Crippen molar-refractivity contribution in [3.05, 3.63) is 69.6 Å². The van der Waals surface area contributed by atoms with Crippen LogP contribution in [0.25, 0.3) is 11.4 Å². The molecule has 0 atom stereocenters. The van der Waals surface area contributed by atoms with E-state index in [0.717, 1.165) is 5.56 Å². The minimum atomic E-state index is -0.772. The first kappa shape index (κ1) is 21.8. The lowest BCUT2D eigenvalue weighted by molar-refractivity contribution is 0.0946. The van der Waals surface area contributed by atoms with Crippen LogP contribution in [0.4, 0.5) is 10.2 Å². The number of nitrogens with zero attached hydrogens (tertiary/aromatic N) is 2. The Morgan fingerprint density at radius 2 is 1.83 bits per heavy atom. The number of carbonyl (C=O) groups excluding carboxylic acids is 1. The van der Waals surface area contributed by atoms with Crippen LogP contribution in [0.2, 0.25) is 10.0 Å². The Kier molecular flexibility index (Phi) is 7.04. The van der Waals surface area contributed by atoms with E-state index in [0.29, 0.717) is 0 Å². The van der Waals surface area contributed by atoms with Crippen LogP contribution in [0.5, 0.6) is 5.75 Å². The molecule has 1 heterocycles. The molecule has 3 aromatic rings. The minimum Gasteiger partial charge on any atom is -0.492 e. The SMILES string of the molecule is CONc1nc(-c2ccc(Cl)c(OC)c2F)nc(C(=O)NCc2ccccc2)c1Cl. The van der Waals surface area contributed by atoms with Gasteiger partial charge in [-0.05, 0) is 17.7 Å². The molecule has 30 heavy (non-hydrogen) atoms. The van der Waals surface area contributed by atoms with Crippen molar-refractivity contribution in [2.24, 2.45) is 0 Å². The predicted molar refractivity (Wildman–Crippen MR) is 112 cm³/mol. The van der Waals surface area contributed by atoms with Crippen LogP contribution in [0, 0.1) is 5.82 Å². The van der Waals surface area contributed by atoms with Gasteiger partial charge in [0.2, 0.25) is 0 Å². The van der Waals surface area contributed by atoms with E-state index in [1.807, 2.05) is 30.3 Å². The molecule has 7 nitrogen and oxygen atoms in total. The highest BCUT2D eigenvalue weighted by Crippen LogP contribution is 2.35. The van der Waals surface area contributed by atoms with Crippen LogP contribution in [0.15, 0.2) is 42.5 Å². The van der Waals surface area contributed by atoms with E-state index in [9.17, 15) is 9.18 Å². The Morgan fingerprint density at radius 1 is 1.10 bits per heavy atom. The van der Waals surface area contributed by atoms with Crippen molar-refractivity contribution in [2.45, 2.75) is 6.54 Å². The molecular weight excluding hydrogens is 434 g/mol. The Labute approximate surface area is 182 Å². The normalized spacial score (nSPS) is 10.6. The van der Waals surface area contributed by atoms with Gasteiger partial charge in [-0.2, -0.15) is 0 Å². The summed E-state index contributed by atoms with van der Waals surface area (Å²) in [6, 6.07) is 12.1. The topological polar surface area (TPSA) is 85.4 Å². The predicted octanol–water partition coefficient (Wildman–Crippen LogP) is 4.50. The number of methoxy groups -OCH3 is 1. The molecule has 2 N–H and O–H groups in total. The molecule has 156 valence electrons. The van der Waals surface area contributed by atoms with Gasteiger partial charge in [0.05, 0.1) is 24.8 Å². The molecule has 0 aliphatic carbocycles. The van der Waals surface area contributed by atoms with E-state index in [1.54, 1.807) is 0 Å². The smallest absolute Gasteiger partial charge is 0.271 e. The fourth-order valence-corrected chi connectivity index (χ4v) is 3.07. The maximum absolute atomic E-state index is 14.9. The number of halogens is 3. The van der Waals surface area contributed by atoms with Crippen LogP contribution >= 0.6 is 23.2 Å². The Morgan fingerprint density at radius 3 is 2.50 bits per heavy atom. The zero-order valence-corrected chi connectivity index (χ0v) is 17.5. The summed E-state index contributed by atoms with van der Waals surface area (Å²) in [5, 5.41) is 2.74. The van der Waals surface area contributed by atoms with Crippen LogP contribution in [-0.4, -0.2) is 30.1 Å². The highest BCUT2D eigenvalue weighted by molar-refractivity contribution is 6.35. The molecule has 0 unspecified atom stereocenters. The van der Waals surface area contributed by atoms with Gasteiger partial charge in [0.15, 0.2) is 28.9 Å². The van der Waals surface area contributed by atoms with Crippen molar-refractivity contribution in [1.29, 1.82) is 0 Å². The maximum Gasteiger partial charge on any atom is 0.271 e. The number of aromatic nitrogens is 2. The average molecular weight is 451 g/mol. The Bertz CT molecular complexity index is 1070. The Hall–Kier alpha value is -2.94. The largest absolute Gasteiger partial charge is 0.492 e. The molecule has 2 aromatic carbocycles. The van der Waals surface area contributed by atoms with Crippen molar-refractivity contribution < 1.29 is 18.8 Å². The quantitative estimate of drug-likeness (QED) is 0.515. The molecule has 10 heteroatoms. The summed E-state index contributed by atoms with van der Waals surface area (Å²) in [5.74, 6) is -1.60. The van der Waals surface area contributed by atoms with E-state index in [2.05, 4.69) is 20.8 Å². The number of hydrogen-bond donors (Lipinski definition) is 2. The second kappa shape index (κ2) is 9.71. The zero-order chi connectivity index (χ0) is 21.7. The van der Waals surface area contributed by atoms with Crippen LogP contribution in [0.1, 0.15) is 16.1 Å². The van der Waals surface area contributed by atoms with Gasteiger partial charge in [-0.3, -0.25) is 9.63 Å². The fraction of sp³-hybridized carbons (Fsp3) is 0.150. The van der Waals surface area contributed by atoms with Crippen molar-refractivity contribution in [2.75, 3.05) is 19.7 Å². The van der Waals surface area contributed by atoms with Crippen molar-refractivity contribution in [3.8, 4) is 17.1 Å². The Balaban J connectivity index is 2.02. The molecule has 0 spiro atoms. The van der Waals surface area contributed by atoms with Crippen molar-refractivity contribution in [1.82, 2.24) is 15.3 Å². The lowest BCUT2D eigenvalue weighted by Crippen LogP contribution is -2.25. The summed E-state index contributed by atoms with van der Waals surface area (Å²) in [6.07, 6.45) is 0. The first-order chi connectivity index (χ1) is 14.5. The third-order valence-electron chi connectivity index (χ3n) is 4.06. The van der Waals surface area contributed by atoms with Crippen molar-refractivity contribution in [3.63, 3.8) is 0 Å². The molecule has 0 radical (unpaired) electrons.